The molecule has 0 fully saturated rings. The molecule has 134 valence electrons. The molecule has 4 heteroatoms. The highest BCUT2D eigenvalue weighted by atomic mass is 16.6. The van der Waals surface area contributed by atoms with Gasteiger partial charge in [-0.05, 0) is 39.3 Å². The van der Waals surface area contributed by atoms with Gasteiger partial charge in [0.05, 0.1) is 6.10 Å². The maximum atomic E-state index is 12.5. The Kier molecular flexibility index (Phi) is 8.55. The van der Waals surface area contributed by atoms with Crippen LogP contribution in [-0.2, 0) is 9.47 Å². The van der Waals surface area contributed by atoms with Gasteiger partial charge >= 0.3 is 6.09 Å². The lowest BCUT2D eigenvalue weighted by Crippen LogP contribution is -2.37. The molecule has 0 spiro atoms. The lowest BCUT2D eigenvalue weighted by Gasteiger charge is -2.26. The Bertz CT molecular complexity index is 505. The molecule has 0 aliphatic rings. The lowest BCUT2D eigenvalue weighted by atomic mass is 10.1. The second-order valence-corrected chi connectivity index (χ2v) is 6.77. The minimum absolute atomic E-state index is 0.0845. The first-order chi connectivity index (χ1) is 11.4. The van der Waals surface area contributed by atoms with Crippen LogP contribution in [0.1, 0.15) is 47.0 Å². The number of carbonyl (C=O) groups is 1. The average molecular weight is 333 g/mol. The standard InChI is InChI=1S/C20H31NO3/c1-6-7-14-18(23-5)15-11-16-21(17-12-9-8-10-13-17)19(22)24-20(2,3)4/h8-13,15,18H,6-7,14,16H2,1-5H3/b15-11-. The quantitative estimate of drug-likeness (QED) is 0.615. The number of para-hydroxylation sites is 1. The molecule has 1 aromatic rings. The first-order valence-corrected chi connectivity index (χ1v) is 8.62. The molecule has 1 amide bonds. The summed E-state index contributed by atoms with van der Waals surface area (Å²) in [4.78, 5) is 14.1. The molecule has 0 aliphatic heterocycles. The van der Waals surface area contributed by atoms with Crippen LogP contribution in [0.3, 0.4) is 0 Å². The first-order valence-electron chi connectivity index (χ1n) is 8.62. The number of hydrogen-bond donors (Lipinski definition) is 0. The zero-order valence-corrected chi connectivity index (χ0v) is 15.6. The summed E-state index contributed by atoms with van der Waals surface area (Å²) in [6.07, 6.45) is 6.99. The van der Waals surface area contributed by atoms with Gasteiger partial charge in [-0.2, -0.15) is 0 Å². The van der Waals surface area contributed by atoms with E-state index < -0.39 is 5.60 Å². The van der Waals surface area contributed by atoms with Crippen LogP contribution < -0.4 is 4.90 Å². The maximum absolute atomic E-state index is 12.5. The Labute approximate surface area is 146 Å². The van der Waals surface area contributed by atoms with Crippen LogP contribution in [-0.4, -0.2) is 31.5 Å². The molecular weight excluding hydrogens is 302 g/mol. The monoisotopic (exact) mass is 333 g/mol. The van der Waals surface area contributed by atoms with Gasteiger partial charge in [0.1, 0.15) is 5.60 Å². The maximum Gasteiger partial charge on any atom is 0.415 e. The molecule has 0 bridgehead atoms. The van der Waals surface area contributed by atoms with E-state index in [1.54, 1.807) is 12.0 Å². The van der Waals surface area contributed by atoms with Gasteiger partial charge in [0.2, 0.25) is 0 Å². The van der Waals surface area contributed by atoms with Gasteiger partial charge in [-0.3, -0.25) is 4.90 Å². The molecular formula is C20H31NO3. The summed E-state index contributed by atoms with van der Waals surface area (Å²) in [5.74, 6) is 0. The van der Waals surface area contributed by atoms with E-state index in [0.717, 1.165) is 24.9 Å². The number of methoxy groups -OCH3 is 1. The summed E-state index contributed by atoms with van der Waals surface area (Å²) in [5.41, 5.74) is 0.295. The summed E-state index contributed by atoms with van der Waals surface area (Å²) < 4.78 is 11.0. The Morgan fingerprint density at radius 3 is 2.46 bits per heavy atom. The van der Waals surface area contributed by atoms with E-state index in [1.165, 1.54) is 0 Å². The van der Waals surface area contributed by atoms with E-state index in [1.807, 2.05) is 63.3 Å². The Balaban J connectivity index is 2.81. The van der Waals surface area contributed by atoms with Gasteiger partial charge in [0, 0.05) is 19.3 Å². The zero-order valence-electron chi connectivity index (χ0n) is 15.6. The number of amides is 1. The minimum Gasteiger partial charge on any atom is -0.443 e. The van der Waals surface area contributed by atoms with Crippen molar-refractivity contribution < 1.29 is 14.3 Å². The van der Waals surface area contributed by atoms with E-state index >= 15 is 0 Å². The second-order valence-electron chi connectivity index (χ2n) is 6.77. The molecule has 24 heavy (non-hydrogen) atoms. The van der Waals surface area contributed by atoms with E-state index in [9.17, 15) is 4.79 Å². The Morgan fingerprint density at radius 1 is 1.25 bits per heavy atom. The third-order valence-corrected chi connectivity index (χ3v) is 3.47. The highest BCUT2D eigenvalue weighted by molar-refractivity contribution is 5.88. The van der Waals surface area contributed by atoms with Crippen molar-refractivity contribution in [1.82, 2.24) is 0 Å². The van der Waals surface area contributed by atoms with Gasteiger partial charge in [-0.25, -0.2) is 4.79 Å². The van der Waals surface area contributed by atoms with Crippen molar-refractivity contribution in [3.63, 3.8) is 0 Å². The van der Waals surface area contributed by atoms with Crippen LogP contribution in [0.15, 0.2) is 42.5 Å². The van der Waals surface area contributed by atoms with E-state index in [0.29, 0.717) is 6.54 Å². The number of anilines is 1. The normalized spacial score (nSPS) is 13.0. The summed E-state index contributed by atoms with van der Waals surface area (Å²) in [5, 5.41) is 0. The van der Waals surface area contributed by atoms with Gasteiger partial charge < -0.3 is 9.47 Å². The number of carbonyl (C=O) groups excluding carboxylic acids is 1. The fraction of sp³-hybridized carbons (Fsp3) is 0.550. The second kappa shape index (κ2) is 10.1. The Morgan fingerprint density at radius 2 is 1.92 bits per heavy atom. The van der Waals surface area contributed by atoms with Crippen LogP contribution in [0.25, 0.3) is 0 Å². The van der Waals surface area contributed by atoms with Crippen molar-refractivity contribution in [2.45, 2.75) is 58.7 Å². The summed E-state index contributed by atoms with van der Waals surface area (Å²) in [7, 11) is 1.72. The molecule has 0 saturated carbocycles. The summed E-state index contributed by atoms with van der Waals surface area (Å²) in [6, 6.07) is 9.56. The SMILES string of the molecule is CCCCC(/C=C\CN(C(=O)OC(C)(C)C)c1ccccc1)OC. The molecule has 4 nitrogen and oxygen atoms in total. The predicted octanol–water partition coefficient (Wildman–Crippen LogP) is 5.19. The third kappa shape index (κ3) is 7.64. The number of rotatable bonds is 8. The highest BCUT2D eigenvalue weighted by Gasteiger charge is 2.22. The largest absolute Gasteiger partial charge is 0.443 e. The molecule has 1 atom stereocenters. The van der Waals surface area contributed by atoms with E-state index in [4.69, 9.17) is 9.47 Å². The molecule has 0 saturated heterocycles. The van der Waals surface area contributed by atoms with Gasteiger partial charge in [0.25, 0.3) is 0 Å². The van der Waals surface area contributed by atoms with Crippen molar-refractivity contribution in [3.05, 3.63) is 42.5 Å². The highest BCUT2D eigenvalue weighted by Crippen LogP contribution is 2.18. The van der Waals surface area contributed by atoms with Crippen molar-refractivity contribution >= 4 is 11.8 Å². The zero-order chi connectivity index (χ0) is 18.0. The van der Waals surface area contributed by atoms with Crippen LogP contribution in [0.2, 0.25) is 0 Å². The molecule has 1 unspecified atom stereocenters. The first kappa shape index (κ1) is 20.2. The number of hydrogen-bond acceptors (Lipinski definition) is 3. The van der Waals surface area contributed by atoms with Crippen molar-refractivity contribution in [2.75, 3.05) is 18.6 Å². The van der Waals surface area contributed by atoms with Crippen LogP contribution in [0.4, 0.5) is 10.5 Å². The summed E-state index contributed by atoms with van der Waals surface area (Å²) >= 11 is 0. The van der Waals surface area contributed by atoms with E-state index in [2.05, 4.69) is 6.92 Å². The molecule has 0 N–H and O–H groups in total. The number of ether oxygens (including phenoxy) is 2. The predicted molar refractivity (Wildman–Crippen MR) is 99.5 cm³/mol. The van der Waals surface area contributed by atoms with Crippen molar-refractivity contribution in [1.29, 1.82) is 0 Å². The number of nitrogens with zero attached hydrogens (tertiary/aromatic N) is 1. The molecule has 0 radical (unpaired) electrons. The van der Waals surface area contributed by atoms with Crippen molar-refractivity contribution in [2.24, 2.45) is 0 Å². The third-order valence-electron chi connectivity index (χ3n) is 3.47. The molecule has 0 aromatic heterocycles. The molecule has 0 aliphatic carbocycles. The fourth-order valence-corrected chi connectivity index (χ4v) is 2.23. The minimum atomic E-state index is -0.524. The van der Waals surface area contributed by atoms with Crippen LogP contribution in [0.5, 0.6) is 0 Å². The number of benzene rings is 1. The smallest absolute Gasteiger partial charge is 0.415 e. The van der Waals surface area contributed by atoms with Gasteiger partial charge in [-0.1, -0.05) is 50.1 Å². The van der Waals surface area contributed by atoms with Crippen molar-refractivity contribution in [3.8, 4) is 0 Å². The molecule has 1 aromatic carbocycles. The molecule has 1 rings (SSSR count). The topological polar surface area (TPSA) is 38.8 Å². The average Bonchev–Trinajstić information content (AvgIpc) is 2.53. The van der Waals surface area contributed by atoms with Gasteiger partial charge in [0.15, 0.2) is 0 Å². The van der Waals surface area contributed by atoms with Crippen LogP contribution >= 0.6 is 0 Å². The summed E-state index contributed by atoms with van der Waals surface area (Å²) in [6.45, 7) is 8.22. The Hall–Kier alpha value is -1.81. The van der Waals surface area contributed by atoms with Gasteiger partial charge in [-0.15, -0.1) is 0 Å². The number of unbranched alkanes of at least 4 members (excludes halogenated alkanes) is 1. The van der Waals surface area contributed by atoms with E-state index in [-0.39, 0.29) is 12.2 Å². The van der Waals surface area contributed by atoms with Crippen LogP contribution in [0, 0.1) is 0 Å². The fourth-order valence-electron chi connectivity index (χ4n) is 2.23. The lowest BCUT2D eigenvalue weighted by molar-refractivity contribution is 0.0584. The molecule has 0 heterocycles.